The summed E-state index contributed by atoms with van der Waals surface area (Å²) in [4.78, 5) is 11.3. The minimum atomic E-state index is -3.42. The molecule has 7 nitrogen and oxygen atoms in total. The summed E-state index contributed by atoms with van der Waals surface area (Å²) in [6, 6.07) is 3.24. The monoisotopic (exact) mass is 320 g/mol. The van der Waals surface area contributed by atoms with Crippen LogP contribution in [0.2, 0.25) is 0 Å². The van der Waals surface area contributed by atoms with Crippen molar-refractivity contribution in [3.05, 3.63) is 30.1 Å². The van der Waals surface area contributed by atoms with E-state index >= 15 is 0 Å². The van der Waals surface area contributed by atoms with E-state index in [9.17, 15) is 13.2 Å². The maximum atomic E-state index is 12.2. The number of rotatable bonds is 4. The SMILES string of the molecule is O=Cc1cc2c(cc1-c1cnn(S(=O)(=O)C3CC3)c1)OCO2. The van der Waals surface area contributed by atoms with E-state index in [0.717, 1.165) is 4.09 Å². The van der Waals surface area contributed by atoms with E-state index in [2.05, 4.69) is 5.10 Å². The lowest BCUT2D eigenvalue weighted by molar-refractivity contribution is 0.112. The normalized spacial score (nSPS) is 16.7. The van der Waals surface area contributed by atoms with Gasteiger partial charge in [-0.3, -0.25) is 4.79 Å². The van der Waals surface area contributed by atoms with Crippen LogP contribution in [-0.2, 0) is 10.0 Å². The predicted molar refractivity (Wildman–Crippen MR) is 76.5 cm³/mol. The van der Waals surface area contributed by atoms with E-state index in [0.29, 0.717) is 47.3 Å². The average Bonchev–Trinajstić information content (AvgIpc) is 3.09. The fraction of sp³-hybridized carbons (Fsp3) is 0.286. The number of carbonyl (C=O) groups is 1. The average molecular weight is 320 g/mol. The minimum absolute atomic E-state index is 0.104. The number of hydrogen-bond acceptors (Lipinski definition) is 6. The topological polar surface area (TPSA) is 87.5 Å². The van der Waals surface area contributed by atoms with Crippen molar-refractivity contribution in [1.29, 1.82) is 0 Å². The Morgan fingerprint density at radius 1 is 1.23 bits per heavy atom. The van der Waals surface area contributed by atoms with Crippen LogP contribution >= 0.6 is 0 Å². The van der Waals surface area contributed by atoms with Crippen LogP contribution < -0.4 is 9.47 Å². The molecular weight excluding hydrogens is 308 g/mol. The molecule has 1 aromatic heterocycles. The Morgan fingerprint density at radius 2 is 1.95 bits per heavy atom. The number of nitrogens with zero attached hydrogens (tertiary/aromatic N) is 2. The van der Waals surface area contributed by atoms with Crippen LogP contribution in [0.3, 0.4) is 0 Å². The van der Waals surface area contributed by atoms with Crippen LogP contribution in [0.4, 0.5) is 0 Å². The van der Waals surface area contributed by atoms with Crippen LogP contribution in [0, 0.1) is 0 Å². The first-order chi connectivity index (χ1) is 10.6. The van der Waals surface area contributed by atoms with Gasteiger partial charge in [0.25, 0.3) is 10.0 Å². The van der Waals surface area contributed by atoms with Crippen molar-refractivity contribution in [2.24, 2.45) is 0 Å². The molecule has 114 valence electrons. The van der Waals surface area contributed by atoms with Crippen molar-refractivity contribution >= 4 is 16.3 Å². The summed E-state index contributed by atoms with van der Waals surface area (Å²) in [5.41, 5.74) is 1.51. The molecule has 0 atom stereocenters. The second-order valence-corrected chi connectivity index (χ2v) is 7.33. The highest BCUT2D eigenvalue weighted by atomic mass is 32.2. The molecule has 0 bridgehead atoms. The first-order valence-electron chi connectivity index (χ1n) is 6.78. The highest BCUT2D eigenvalue weighted by Crippen LogP contribution is 2.38. The zero-order valence-electron chi connectivity index (χ0n) is 11.4. The lowest BCUT2D eigenvalue weighted by Crippen LogP contribution is -2.17. The first kappa shape index (κ1) is 13.3. The molecule has 2 heterocycles. The number of carbonyl (C=O) groups excluding carboxylic acids is 1. The Bertz CT molecular complexity index is 867. The highest BCUT2D eigenvalue weighted by molar-refractivity contribution is 7.90. The Kier molecular flexibility index (Phi) is 2.77. The molecule has 1 aliphatic heterocycles. The molecule has 1 aliphatic carbocycles. The summed E-state index contributed by atoms with van der Waals surface area (Å²) in [6.07, 6.45) is 4.90. The van der Waals surface area contributed by atoms with Crippen LogP contribution in [0.1, 0.15) is 23.2 Å². The van der Waals surface area contributed by atoms with E-state index in [1.807, 2.05) is 0 Å². The molecule has 0 N–H and O–H groups in total. The second kappa shape index (κ2) is 4.57. The maximum Gasteiger partial charge on any atom is 0.256 e. The Hall–Kier alpha value is -2.35. The largest absolute Gasteiger partial charge is 0.454 e. The molecule has 2 aliphatic rings. The molecule has 0 saturated heterocycles. The van der Waals surface area contributed by atoms with Gasteiger partial charge >= 0.3 is 0 Å². The van der Waals surface area contributed by atoms with E-state index in [4.69, 9.17) is 9.47 Å². The third-order valence-corrected chi connectivity index (χ3v) is 5.78. The fourth-order valence-electron chi connectivity index (χ4n) is 2.41. The van der Waals surface area contributed by atoms with Gasteiger partial charge in [0.1, 0.15) is 0 Å². The molecular formula is C14H12N2O5S. The van der Waals surface area contributed by atoms with Gasteiger partial charge in [0.15, 0.2) is 17.8 Å². The van der Waals surface area contributed by atoms with Crippen molar-refractivity contribution in [3.63, 3.8) is 0 Å². The zero-order valence-corrected chi connectivity index (χ0v) is 12.2. The molecule has 2 aromatic rings. The van der Waals surface area contributed by atoms with E-state index in [1.165, 1.54) is 12.4 Å². The second-order valence-electron chi connectivity index (χ2n) is 5.26. The summed E-state index contributed by atoms with van der Waals surface area (Å²) in [7, 11) is -3.42. The van der Waals surface area contributed by atoms with Gasteiger partial charge in [-0.1, -0.05) is 0 Å². The molecule has 1 aromatic carbocycles. The lowest BCUT2D eigenvalue weighted by atomic mass is 10.0. The predicted octanol–water partition coefficient (Wildman–Crippen LogP) is 1.43. The zero-order chi connectivity index (χ0) is 15.3. The molecule has 22 heavy (non-hydrogen) atoms. The van der Waals surface area contributed by atoms with Crippen LogP contribution in [0.25, 0.3) is 11.1 Å². The first-order valence-corrected chi connectivity index (χ1v) is 8.28. The summed E-state index contributed by atoms with van der Waals surface area (Å²) in [5.74, 6) is 1.03. The number of aromatic nitrogens is 2. The van der Waals surface area contributed by atoms with Gasteiger partial charge in [-0.2, -0.15) is 9.19 Å². The number of aldehydes is 1. The summed E-state index contributed by atoms with van der Waals surface area (Å²) < 4.78 is 35.9. The highest BCUT2D eigenvalue weighted by Gasteiger charge is 2.37. The lowest BCUT2D eigenvalue weighted by Gasteiger charge is -2.04. The van der Waals surface area contributed by atoms with E-state index in [-0.39, 0.29) is 12.0 Å². The molecule has 8 heteroatoms. The smallest absolute Gasteiger partial charge is 0.256 e. The number of hydrogen-bond donors (Lipinski definition) is 0. The Balaban J connectivity index is 1.79. The van der Waals surface area contributed by atoms with Gasteiger partial charge in [0, 0.05) is 11.1 Å². The van der Waals surface area contributed by atoms with Crippen molar-refractivity contribution in [3.8, 4) is 22.6 Å². The van der Waals surface area contributed by atoms with E-state index in [1.54, 1.807) is 12.1 Å². The molecule has 0 unspecified atom stereocenters. The van der Waals surface area contributed by atoms with Crippen LogP contribution in [0.15, 0.2) is 24.5 Å². The summed E-state index contributed by atoms with van der Waals surface area (Å²) in [5, 5.41) is 3.59. The molecule has 1 fully saturated rings. The van der Waals surface area contributed by atoms with Gasteiger partial charge in [0.05, 0.1) is 17.6 Å². The number of ether oxygens (including phenoxy) is 2. The van der Waals surface area contributed by atoms with Crippen LogP contribution in [-0.4, -0.2) is 35.9 Å². The van der Waals surface area contributed by atoms with Crippen LogP contribution in [0.5, 0.6) is 11.5 Å². The third kappa shape index (κ3) is 1.98. The van der Waals surface area contributed by atoms with Crippen molar-refractivity contribution < 1.29 is 22.7 Å². The van der Waals surface area contributed by atoms with Gasteiger partial charge < -0.3 is 9.47 Å². The standard InChI is InChI=1S/C14H12N2O5S/c17-7-9-3-13-14(21-8-20-13)4-12(9)10-5-15-16(6-10)22(18,19)11-1-2-11/h3-7,11H,1-2,8H2. The summed E-state index contributed by atoms with van der Waals surface area (Å²) in [6.45, 7) is 0.104. The number of fused-ring (bicyclic) bond motifs is 1. The Labute approximate surface area is 126 Å². The van der Waals surface area contributed by atoms with Gasteiger partial charge in [-0.05, 0) is 30.5 Å². The fourth-order valence-corrected chi connectivity index (χ4v) is 3.88. The van der Waals surface area contributed by atoms with Crippen molar-refractivity contribution in [2.75, 3.05) is 6.79 Å². The number of benzene rings is 1. The van der Waals surface area contributed by atoms with E-state index < -0.39 is 10.0 Å². The molecule has 0 amide bonds. The molecule has 1 saturated carbocycles. The maximum absolute atomic E-state index is 12.2. The minimum Gasteiger partial charge on any atom is -0.454 e. The Morgan fingerprint density at radius 3 is 2.64 bits per heavy atom. The summed E-state index contributed by atoms with van der Waals surface area (Å²) >= 11 is 0. The van der Waals surface area contributed by atoms with Crippen molar-refractivity contribution in [1.82, 2.24) is 9.19 Å². The van der Waals surface area contributed by atoms with Gasteiger partial charge in [0.2, 0.25) is 6.79 Å². The quantitative estimate of drug-likeness (QED) is 0.792. The molecule has 0 spiro atoms. The van der Waals surface area contributed by atoms with Crippen molar-refractivity contribution in [2.45, 2.75) is 18.1 Å². The molecule has 4 rings (SSSR count). The molecule has 0 radical (unpaired) electrons. The van der Waals surface area contributed by atoms with Gasteiger partial charge in [-0.25, -0.2) is 8.42 Å². The van der Waals surface area contributed by atoms with Gasteiger partial charge in [-0.15, -0.1) is 0 Å². The third-order valence-electron chi connectivity index (χ3n) is 3.75.